The Morgan fingerprint density at radius 1 is 1.53 bits per heavy atom. The van der Waals surface area contributed by atoms with E-state index in [0.29, 0.717) is 11.7 Å². The van der Waals surface area contributed by atoms with E-state index in [1.54, 1.807) is 12.1 Å². The average molecular weight is 238 g/mol. The lowest BCUT2D eigenvalue weighted by molar-refractivity contribution is 0.386. The van der Waals surface area contributed by atoms with Crippen LogP contribution in [0.15, 0.2) is 18.2 Å². The number of hydrogen-bond acceptors (Lipinski definition) is 3. The summed E-state index contributed by atoms with van der Waals surface area (Å²) in [6, 6.07) is 5.17. The van der Waals surface area contributed by atoms with E-state index < -0.39 is 0 Å². The van der Waals surface area contributed by atoms with Crippen molar-refractivity contribution in [2.75, 3.05) is 38.7 Å². The molecular formula is C13H19FN2O. The molecule has 1 heterocycles. The van der Waals surface area contributed by atoms with Gasteiger partial charge in [0.05, 0.1) is 7.11 Å². The van der Waals surface area contributed by atoms with Crippen LogP contribution >= 0.6 is 0 Å². The van der Waals surface area contributed by atoms with Crippen molar-refractivity contribution in [2.24, 2.45) is 5.92 Å². The Bertz CT molecular complexity index is 384. The molecule has 0 radical (unpaired) electrons. The van der Waals surface area contributed by atoms with Gasteiger partial charge in [-0.05, 0) is 38.1 Å². The predicted molar refractivity (Wildman–Crippen MR) is 67.2 cm³/mol. The van der Waals surface area contributed by atoms with Crippen LogP contribution in [-0.4, -0.2) is 33.8 Å². The Morgan fingerprint density at radius 3 is 3.00 bits per heavy atom. The van der Waals surface area contributed by atoms with Gasteiger partial charge >= 0.3 is 0 Å². The quantitative estimate of drug-likeness (QED) is 0.866. The van der Waals surface area contributed by atoms with E-state index in [-0.39, 0.29) is 5.82 Å². The van der Waals surface area contributed by atoms with Crippen LogP contribution in [0.4, 0.5) is 10.1 Å². The van der Waals surface area contributed by atoms with Gasteiger partial charge in [0.25, 0.3) is 0 Å². The van der Waals surface area contributed by atoms with E-state index in [9.17, 15) is 4.39 Å². The zero-order valence-corrected chi connectivity index (χ0v) is 10.4. The fraction of sp³-hybridized carbons (Fsp3) is 0.538. The van der Waals surface area contributed by atoms with Crippen LogP contribution in [0.25, 0.3) is 0 Å². The van der Waals surface area contributed by atoms with Gasteiger partial charge in [0.15, 0.2) is 11.6 Å². The van der Waals surface area contributed by atoms with Crippen molar-refractivity contribution >= 4 is 5.69 Å². The molecule has 1 saturated heterocycles. The molecule has 0 aromatic heterocycles. The molecule has 0 spiro atoms. The molecule has 1 fully saturated rings. The Kier molecular flexibility index (Phi) is 3.84. The molecule has 1 aliphatic heterocycles. The molecule has 1 atom stereocenters. The first kappa shape index (κ1) is 12.2. The van der Waals surface area contributed by atoms with Crippen molar-refractivity contribution < 1.29 is 9.13 Å². The lowest BCUT2D eigenvalue weighted by Gasteiger charge is -2.19. The first-order chi connectivity index (χ1) is 8.24. The first-order valence-electron chi connectivity index (χ1n) is 5.97. The number of nitrogens with one attached hydrogen (secondary N) is 1. The van der Waals surface area contributed by atoms with Crippen molar-refractivity contribution in [3.63, 3.8) is 0 Å². The molecule has 2 rings (SSSR count). The van der Waals surface area contributed by atoms with Gasteiger partial charge in [0.2, 0.25) is 0 Å². The maximum Gasteiger partial charge on any atom is 0.167 e. The largest absolute Gasteiger partial charge is 0.494 e. The first-order valence-corrected chi connectivity index (χ1v) is 5.97. The van der Waals surface area contributed by atoms with Crippen LogP contribution in [0.2, 0.25) is 0 Å². The molecule has 1 aliphatic rings. The second-order valence-electron chi connectivity index (χ2n) is 4.48. The summed E-state index contributed by atoms with van der Waals surface area (Å²) in [6.07, 6.45) is 1.16. The number of hydrogen-bond donors (Lipinski definition) is 1. The Morgan fingerprint density at radius 2 is 2.35 bits per heavy atom. The Hall–Kier alpha value is -1.29. The normalized spacial score (nSPS) is 19.7. The summed E-state index contributed by atoms with van der Waals surface area (Å²) in [4.78, 5) is 2.23. The van der Waals surface area contributed by atoms with Gasteiger partial charge in [0.1, 0.15) is 0 Å². The minimum atomic E-state index is -0.290. The fourth-order valence-corrected chi connectivity index (χ4v) is 2.37. The van der Waals surface area contributed by atoms with Gasteiger partial charge in [-0.2, -0.15) is 0 Å². The lowest BCUT2D eigenvalue weighted by Crippen LogP contribution is -2.24. The number of halogens is 1. The summed E-state index contributed by atoms with van der Waals surface area (Å²) in [5.41, 5.74) is 0.946. The molecular weight excluding hydrogens is 219 g/mol. The Balaban J connectivity index is 2.06. The molecule has 0 bridgehead atoms. The number of methoxy groups -OCH3 is 1. The number of nitrogens with zero attached hydrogens (tertiary/aromatic N) is 1. The zero-order valence-electron chi connectivity index (χ0n) is 10.4. The highest BCUT2D eigenvalue weighted by atomic mass is 19.1. The molecule has 1 aromatic carbocycles. The highest BCUT2D eigenvalue weighted by Crippen LogP contribution is 2.27. The third-order valence-corrected chi connectivity index (χ3v) is 3.28. The van der Waals surface area contributed by atoms with Gasteiger partial charge in [0, 0.05) is 24.8 Å². The summed E-state index contributed by atoms with van der Waals surface area (Å²) in [5, 5.41) is 3.19. The maximum absolute atomic E-state index is 13.6. The summed E-state index contributed by atoms with van der Waals surface area (Å²) >= 11 is 0. The van der Waals surface area contributed by atoms with Crippen molar-refractivity contribution in [1.29, 1.82) is 0 Å². The van der Waals surface area contributed by atoms with Crippen LogP contribution in [0.5, 0.6) is 5.75 Å². The molecule has 4 heteroatoms. The molecule has 94 valence electrons. The van der Waals surface area contributed by atoms with Gasteiger partial charge in [-0.1, -0.05) is 0 Å². The van der Waals surface area contributed by atoms with Gasteiger partial charge in [-0.3, -0.25) is 0 Å². The van der Waals surface area contributed by atoms with Crippen molar-refractivity contribution in [3.8, 4) is 5.75 Å². The van der Waals surface area contributed by atoms with E-state index in [1.807, 2.05) is 13.1 Å². The van der Waals surface area contributed by atoms with Crippen molar-refractivity contribution in [1.82, 2.24) is 5.32 Å². The summed E-state index contributed by atoms with van der Waals surface area (Å²) < 4.78 is 18.5. The third-order valence-electron chi connectivity index (χ3n) is 3.28. The van der Waals surface area contributed by atoms with Gasteiger partial charge in [-0.25, -0.2) is 4.39 Å². The topological polar surface area (TPSA) is 24.5 Å². The number of ether oxygens (including phenoxy) is 1. The number of rotatable bonds is 4. The molecule has 3 nitrogen and oxygen atoms in total. The standard InChI is InChI=1S/C13H19FN2O/c1-15-8-10-5-6-16(9-10)11-3-4-13(17-2)12(14)7-11/h3-4,7,10,15H,5-6,8-9H2,1-2H3. The number of benzene rings is 1. The van der Waals surface area contributed by atoms with Gasteiger partial charge in [-0.15, -0.1) is 0 Å². The molecule has 0 amide bonds. The third kappa shape index (κ3) is 2.69. The van der Waals surface area contributed by atoms with Crippen LogP contribution in [0.1, 0.15) is 6.42 Å². The second-order valence-corrected chi connectivity index (χ2v) is 4.48. The smallest absolute Gasteiger partial charge is 0.167 e. The second kappa shape index (κ2) is 5.36. The highest BCUT2D eigenvalue weighted by molar-refractivity contribution is 5.50. The molecule has 0 saturated carbocycles. The summed E-state index contributed by atoms with van der Waals surface area (Å²) in [5.74, 6) is 0.673. The minimum Gasteiger partial charge on any atom is -0.494 e. The molecule has 17 heavy (non-hydrogen) atoms. The van der Waals surface area contributed by atoms with Crippen LogP contribution < -0.4 is 15.0 Å². The SMILES string of the molecule is CNCC1CCN(c2ccc(OC)c(F)c2)C1. The van der Waals surface area contributed by atoms with Gasteiger partial charge < -0.3 is 15.0 Å². The summed E-state index contributed by atoms with van der Waals surface area (Å²) in [7, 11) is 3.45. The zero-order chi connectivity index (χ0) is 12.3. The van der Waals surface area contributed by atoms with E-state index in [0.717, 1.165) is 31.7 Å². The van der Waals surface area contributed by atoms with E-state index >= 15 is 0 Å². The lowest BCUT2D eigenvalue weighted by atomic mass is 10.1. The molecule has 0 aliphatic carbocycles. The highest BCUT2D eigenvalue weighted by Gasteiger charge is 2.22. The maximum atomic E-state index is 13.6. The Labute approximate surface area is 102 Å². The predicted octanol–water partition coefficient (Wildman–Crippen LogP) is 1.88. The van der Waals surface area contributed by atoms with E-state index in [4.69, 9.17) is 4.74 Å². The van der Waals surface area contributed by atoms with Crippen molar-refractivity contribution in [3.05, 3.63) is 24.0 Å². The molecule has 1 aromatic rings. The monoisotopic (exact) mass is 238 g/mol. The van der Waals surface area contributed by atoms with Crippen LogP contribution in [0, 0.1) is 11.7 Å². The molecule has 1 unspecified atom stereocenters. The fourth-order valence-electron chi connectivity index (χ4n) is 2.37. The van der Waals surface area contributed by atoms with Crippen molar-refractivity contribution in [2.45, 2.75) is 6.42 Å². The van der Waals surface area contributed by atoms with E-state index in [1.165, 1.54) is 7.11 Å². The van der Waals surface area contributed by atoms with Crippen LogP contribution in [-0.2, 0) is 0 Å². The summed E-state index contributed by atoms with van der Waals surface area (Å²) in [6.45, 7) is 3.01. The average Bonchev–Trinajstić information content (AvgIpc) is 2.78. The minimum absolute atomic E-state index is 0.290. The van der Waals surface area contributed by atoms with Crippen LogP contribution in [0.3, 0.4) is 0 Å². The van der Waals surface area contributed by atoms with E-state index in [2.05, 4.69) is 10.2 Å². The molecule has 1 N–H and O–H groups in total. The number of anilines is 1.